The molecule has 0 aromatic heterocycles. The molecule has 0 aliphatic heterocycles. The van der Waals surface area contributed by atoms with Crippen LogP contribution in [0.15, 0.2) is 261 Å². The van der Waals surface area contributed by atoms with Crippen molar-refractivity contribution in [2.45, 2.75) is 0 Å². The molecule has 0 heterocycles. The lowest BCUT2D eigenvalue weighted by molar-refractivity contribution is 1.28. The number of benzene rings is 11. The van der Waals surface area contributed by atoms with Crippen molar-refractivity contribution in [3.8, 4) is 66.8 Å². The zero-order chi connectivity index (χ0) is 42.0. The summed E-state index contributed by atoms with van der Waals surface area (Å²) >= 11 is 0. The first kappa shape index (κ1) is 37.7. The van der Waals surface area contributed by atoms with Gasteiger partial charge in [0.05, 0.1) is 5.69 Å². The highest BCUT2D eigenvalue weighted by Crippen LogP contribution is 2.46. The van der Waals surface area contributed by atoms with E-state index in [4.69, 9.17) is 0 Å². The Kier molecular flexibility index (Phi) is 9.97. The number of para-hydroxylation sites is 1. The molecule has 1 nitrogen and oxygen atoms in total. The molecule has 0 unspecified atom stereocenters. The highest BCUT2D eigenvalue weighted by Gasteiger charge is 2.20. The van der Waals surface area contributed by atoms with Gasteiger partial charge in [-0.2, -0.15) is 0 Å². The maximum atomic E-state index is 2.41. The Labute approximate surface area is 369 Å². The highest BCUT2D eigenvalue weighted by molar-refractivity contribution is 5.99. The van der Waals surface area contributed by atoms with Gasteiger partial charge in [-0.1, -0.05) is 224 Å². The number of hydrogen-bond donors (Lipinski definition) is 0. The summed E-state index contributed by atoms with van der Waals surface area (Å²) in [6.07, 6.45) is 0. The number of hydrogen-bond acceptors (Lipinski definition) is 1. The number of rotatable bonds is 9. The Morgan fingerprint density at radius 3 is 1.30 bits per heavy atom. The second-order valence-corrected chi connectivity index (χ2v) is 16.1. The van der Waals surface area contributed by atoms with E-state index in [2.05, 4.69) is 266 Å². The minimum atomic E-state index is 1.08. The topological polar surface area (TPSA) is 3.24 Å². The van der Waals surface area contributed by atoms with Crippen molar-refractivity contribution in [2.24, 2.45) is 0 Å². The average molecular weight is 802 g/mol. The quantitative estimate of drug-likeness (QED) is 0.141. The zero-order valence-corrected chi connectivity index (χ0v) is 34.8. The summed E-state index contributed by atoms with van der Waals surface area (Å²) in [6, 6.07) is 94.6. The summed E-state index contributed by atoms with van der Waals surface area (Å²) < 4.78 is 0. The molecule has 11 rings (SSSR count). The monoisotopic (exact) mass is 801 g/mol. The van der Waals surface area contributed by atoms with Gasteiger partial charge in [0.1, 0.15) is 0 Å². The van der Waals surface area contributed by atoms with Crippen LogP contribution in [-0.4, -0.2) is 0 Å². The van der Waals surface area contributed by atoms with E-state index in [1.54, 1.807) is 0 Å². The molecule has 63 heavy (non-hydrogen) atoms. The Hall–Kier alpha value is -8.26. The van der Waals surface area contributed by atoms with E-state index in [1.807, 2.05) is 0 Å². The Bertz CT molecular complexity index is 3360. The Balaban J connectivity index is 1.01. The zero-order valence-electron chi connectivity index (χ0n) is 34.8. The molecule has 0 aliphatic rings. The van der Waals surface area contributed by atoms with Crippen LogP contribution >= 0.6 is 0 Å². The summed E-state index contributed by atoms with van der Waals surface area (Å²) in [4.78, 5) is 2.41. The van der Waals surface area contributed by atoms with Crippen molar-refractivity contribution in [1.82, 2.24) is 0 Å². The van der Waals surface area contributed by atoms with Crippen LogP contribution in [0.1, 0.15) is 0 Å². The summed E-state index contributed by atoms with van der Waals surface area (Å²) in [7, 11) is 0. The molecular formula is C62H43N. The number of anilines is 3. The standard InChI is InChI=1S/C62H43N/c1-2-16-48(17-3-1)57-22-8-9-23-58(57)59-24-10-11-25-60(59)61-26-12-13-28-62(61)63(54-41-37-47(38-42-54)52-34-31-44-15-4-5-19-51(44)43-52)53-39-35-46(36-40-53)45-29-32-50(33-30-45)56-27-14-20-49-18-6-7-21-55(49)56/h1-43H. The smallest absolute Gasteiger partial charge is 0.0540 e. The lowest BCUT2D eigenvalue weighted by atomic mass is 9.88. The molecule has 0 fully saturated rings. The maximum absolute atomic E-state index is 2.41. The SMILES string of the molecule is c1ccc(-c2ccccc2-c2ccccc2-c2ccccc2N(c2ccc(-c3ccc(-c4cccc5ccccc45)cc3)cc2)c2ccc(-c3ccc4ccccc4c3)cc2)cc1. The van der Waals surface area contributed by atoms with E-state index in [1.165, 1.54) is 82.7 Å². The first-order chi connectivity index (χ1) is 31.2. The lowest BCUT2D eigenvalue weighted by Gasteiger charge is -2.29. The van der Waals surface area contributed by atoms with E-state index in [-0.39, 0.29) is 0 Å². The van der Waals surface area contributed by atoms with Crippen LogP contribution in [0.25, 0.3) is 88.3 Å². The summed E-state index contributed by atoms with van der Waals surface area (Å²) in [5, 5.41) is 5.01. The number of nitrogens with zero attached hydrogens (tertiary/aromatic N) is 1. The third kappa shape index (κ3) is 7.37. The average Bonchev–Trinajstić information content (AvgIpc) is 3.37. The fourth-order valence-corrected chi connectivity index (χ4v) is 9.16. The third-order valence-corrected chi connectivity index (χ3v) is 12.3. The van der Waals surface area contributed by atoms with Crippen LogP contribution in [0.2, 0.25) is 0 Å². The first-order valence-corrected chi connectivity index (χ1v) is 21.7. The molecule has 0 saturated heterocycles. The van der Waals surface area contributed by atoms with Gasteiger partial charge >= 0.3 is 0 Å². The van der Waals surface area contributed by atoms with Gasteiger partial charge in [0.15, 0.2) is 0 Å². The molecule has 0 N–H and O–H groups in total. The van der Waals surface area contributed by atoms with Crippen molar-refractivity contribution < 1.29 is 0 Å². The van der Waals surface area contributed by atoms with Crippen molar-refractivity contribution in [3.05, 3.63) is 261 Å². The van der Waals surface area contributed by atoms with Crippen LogP contribution < -0.4 is 4.90 Å². The van der Waals surface area contributed by atoms with Gasteiger partial charge in [-0.05, 0) is 119 Å². The fourth-order valence-electron chi connectivity index (χ4n) is 9.16. The second-order valence-electron chi connectivity index (χ2n) is 16.1. The van der Waals surface area contributed by atoms with Crippen molar-refractivity contribution in [2.75, 3.05) is 4.90 Å². The summed E-state index contributed by atoms with van der Waals surface area (Å²) in [6.45, 7) is 0. The molecule has 0 spiro atoms. The molecule has 1 heteroatoms. The first-order valence-electron chi connectivity index (χ1n) is 21.7. The highest BCUT2D eigenvalue weighted by atomic mass is 15.1. The molecule has 11 aromatic carbocycles. The van der Waals surface area contributed by atoms with Gasteiger partial charge in [-0.15, -0.1) is 0 Å². The molecule has 0 saturated carbocycles. The maximum Gasteiger partial charge on any atom is 0.0540 e. The molecule has 0 amide bonds. The van der Waals surface area contributed by atoms with E-state index < -0.39 is 0 Å². The van der Waals surface area contributed by atoms with Gasteiger partial charge in [0.2, 0.25) is 0 Å². The van der Waals surface area contributed by atoms with E-state index in [0.717, 1.165) is 22.6 Å². The third-order valence-electron chi connectivity index (χ3n) is 12.3. The largest absolute Gasteiger partial charge is 0.310 e. The van der Waals surface area contributed by atoms with E-state index in [9.17, 15) is 0 Å². The van der Waals surface area contributed by atoms with Crippen molar-refractivity contribution in [3.63, 3.8) is 0 Å². The molecule has 0 aliphatic carbocycles. The van der Waals surface area contributed by atoms with Gasteiger partial charge in [0, 0.05) is 16.9 Å². The second kappa shape index (κ2) is 16.7. The molecule has 0 bridgehead atoms. The minimum Gasteiger partial charge on any atom is -0.310 e. The Morgan fingerprint density at radius 2 is 0.619 bits per heavy atom. The molecule has 296 valence electrons. The predicted molar refractivity (Wildman–Crippen MR) is 269 cm³/mol. The molecule has 0 radical (unpaired) electrons. The van der Waals surface area contributed by atoms with Crippen molar-refractivity contribution >= 4 is 38.6 Å². The fraction of sp³-hybridized carbons (Fsp3) is 0. The van der Waals surface area contributed by atoms with Crippen LogP contribution in [0, 0.1) is 0 Å². The van der Waals surface area contributed by atoms with Gasteiger partial charge in [-0.25, -0.2) is 0 Å². The lowest BCUT2D eigenvalue weighted by Crippen LogP contribution is -2.11. The minimum absolute atomic E-state index is 1.08. The normalized spacial score (nSPS) is 11.2. The van der Waals surface area contributed by atoms with Crippen LogP contribution in [0.5, 0.6) is 0 Å². The van der Waals surface area contributed by atoms with Gasteiger partial charge in [-0.3, -0.25) is 0 Å². The van der Waals surface area contributed by atoms with Crippen LogP contribution in [-0.2, 0) is 0 Å². The van der Waals surface area contributed by atoms with Crippen molar-refractivity contribution in [1.29, 1.82) is 0 Å². The summed E-state index contributed by atoms with van der Waals surface area (Å²) in [5.74, 6) is 0. The van der Waals surface area contributed by atoms with Crippen LogP contribution in [0.3, 0.4) is 0 Å². The summed E-state index contributed by atoms with van der Waals surface area (Å²) in [5.41, 5.74) is 17.6. The van der Waals surface area contributed by atoms with E-state index in [0.29, 0.717) is 0 Å². The van der Waals surface area contributed by atoms with Gasteiger partial charge in [0.25, 0.3) is 0 Å². The predicted octanol–water partition coefficient (Wildman–Crippen LogP) is 17.5. The Morgan fingerprint density at radius 1 is 0.206 bits per heavy atom. The van der Waals surface area contributed by atoms with Gasteiger partial charge < -0.3 is 4.90 Å². The number of fused-ring (bicyclic) bond motifs is 2. The van der Waals surface area contributed by atoms with E-state index >= 15 is 0 Å². The molecular weight excluding hydrogens is 759 g/mol. The van der Waals surface area contributed by atoms with Crippen LogP contribution in [0.4, 0.5) is 17.1 Å². The molecule has 0 atom stereocenters. The molecule has 11 aromatic rings.